The fourth-order valence-corrected chi connectivity index (χ4v) is 3.98. The van der Waals surface area contributed by atoms with Crippen LogP contribution >= 0.6 is 11.3 Å². The lowest BCUT2D eigenvalue weighted by molar-refractivity contribution is -0.140. The minimum atomic E-state index is -1.31. The lowest BCUT2D eigenvalue weighted by atomic mass is 9.86. The highest BCUT2D eigenvalue weighted by atomic mass is 32.1. The molecule has 1 aromatic carbocycles. The molecule has 0 radical (unpaired) electrons. The van der Waals surface area contributed by atoms with Gasteiger partial charge in [0.15, 0.2) is 5.54 Å². The molecule has 3 heterocycles. The Balaban J connectivity index is 1.84. The van der Waals surface area contributed by atoms with E-state index in [9.17, 15) is 14.4 Å². The van der Waals surface area contributed by atoms with Gasteiger partial charge in [0.05, 0.1) is 10.6 Å². The number of aliphatic carboxylic acids is 1. The molecule has 130 valence electrons. The summed E-state index contributed by atoms with van der Waals surface area (Å²) in [6.45, 7) is 0. The maximum Gasteiger partial charge on any atom is 0.328 e. The summed E-state index contributed by atoms with van der Waals surface area (Å²) in [6.07, 6.45) is 1.88. The summed E-state index contributed by atoms with van der Waals surface area (Å²) >= 11 is 1.46. The summed E-state index contributed by atoms with van der Waals surface area (Å²) in [5.41, 5.74) is 0.581. The van der Waals surface area contributed by atoms with Gasteiger partial charge in [-0.2, -0.15) is 5.10 Å². The summed E-state index contributed by atoms with van der Waals surface area (Å²) in [6, 6.07) is 10.9. The first-order chi connectivity index (χ1) is 12.5. The average molecular weight is 367 g/mol. The first-order valence-corrected chi connectivity index (χ1v) is 8.68. The quantitative estimate of drug-likeness (QED) is 0.812. The minimum Gasteiger partial charge on any atom is -0.478 e. The maximum atomic E-state index is 12.9. The second-order valence-electron chi connectivity index (χ2n) is 5.88. The van der Waals surface area contributed by atoms with Crippen LogP contribution in [0.2, 0.25) is 0 Å². The van der Waals surface area contributed by atoms with Gasteiger partial charge in [-0.1, -0.05) is 24.3 Å². The molecule has 1 unspecified atom stereocenters. The van der Waals surface area contributed by atoms with Crippen molar-refractivity contribution in [1.29, 1.82) is 0 Å². The largest absolute Gasteiger partial charge is 0.478 e. The third kappa shape index (κ3) is 2.34. The van der Waals surface area contributed by atoms with Crippen LogP contribution in [0.15, 0.2) is 59.0 Å². The number of rotatable bonds is 3. The third-order valence-electron chi connectivity index (χ3n) is 4.38. The molecule has 2 aliphatic rings. The van der Waals surface area contributed by atoms with Gasteiger partial charge >= 0.3 is 5.97 Å². The molecule has 1 atom stereocenters. The zero-order valence-corrected chi connectivity index (χ0v) is 14.2. The fraction of sp³-hybridized carbons (Fsp3) is 0.111. The number of nitrogens with zero attached hydrogens (tertiary/aromatic N) is 2. The molecular weight excluding hydrogens is 354 g/mol. The number of hydrogen-bond donors (Lipinski definition) is 2. The second kappa shape index (κ2) is 5.92. The van der Waals surface area contributed by atoms with E-state index in [0.29, 0.717) is 17.0 Å². The van der Waals surface area contributed by atoms with Gasteiger partial charge in [0.25, 0.3) is 11.8 Å². The molecule has 0 aliphatic carbocycles. The highest BCUT2D eigenvalue weighted by Gasteiger charge is 2.57. The number of thiophene rings is 1. The normalized spacial score (nSPS) is 21.2. The Morgan fingerprint density at radius 3 is 2.77 bits per heavy atom. The van der Waals surface area contributed by atoms with Crippen molar-refractivity contribution in [3.05, 3.63) is 64.4 Å². The van der Waals surface area contributed by atoms with Gasteiger partial charge < -0.3 is 10.4 Å². The van der Waals surface area contributed by atoms with Crippen LogP contribution in [0.4, 0.5) is 5.69 Å². The molecule has 1 aromatic heterocycles. The summed E-state index contributed by atoms with van der Waals surface area (Å²) < 4.78 is 0. The number of carboxylic acids is 1. The molecule has 0 saturated carbocycles. The predicted octanol–water partition coefficient (Wildman–Crippen LogP) is 2.17. The maximum absolute atomic E-state index is 12.9. The van der Waals surface area contributed by atoms with E-state index in [1.54, 1.807) is 24.3 Å². The molecule has 0 saturated heterocycles. The Bertz CT molecular complexity index is 980. The average Bonchev–Trinajstić information content (AvgIpc) is 3.33. The molecule has 2 aromatic rings. The molecule has 8 heteroatoms. The van der Waals surface area contributed by atoms with Crippen molar-refractivity contribution in [2.45, 2.75) is 12.0 Å². The second-order valence-corrected chi connectivity index (χ2v) is 6.83. The van der Waals surface area contributed by atoms with Gasteiger partial charge in [-0.15, -0.1) is 11.3 Å². The van der Waals surface area contributed by atoms with E-state index in [1.807, 2.05) is 17.5 Å². The van der Waals surface area contributed by atoms with Gasteiger partial charge in [0.1, 0.15) is 0 Å². The van der Waals surface area contributed by atoms with Crippen molar-refractivity contribution < 1.29 is 19.5 Å². The van der Waals surface area contributed by atoms with Crippen LogP contribution in [-0.4, -0.2) is 33.6 Å². The monoisotopic (exact) mass is 367 g/mol. The number of fused-ring (bicyclic) bond motifs is 2. The molecule has 2 aliphatic heterocycles. The van der Waals surface area contributed by atoms with Gasteiger partial charge in [0, 0.05) is 29.8 Å². The topological polar surface area (TPSA) is 99.1 Å². The Morgan fingerprint density at radius 1 is 1.23 bits per heavy atom. The zero-order valence-electron chi connectivity index (χ0n) is 13.4. The highest BCUT2D eigenvalue weighted by molar-refractivity contribution is 7.12. The van der Waals surface area contributed by atoms with Crippen molar-refractivity contribution in [2.75, 3.05) is 5.32 Å². The Morgan fingerprint density at radius 2 is 2.04 bits per heavy atom. The molecule has 4 rings (SSSR count). The molecule has 2 amide bonds. The predicted molar refractivity (Wildman–Crippen MR) is 95.8 cm³/mol. The van der Waals surface area contributed by atoms with Crippen molar-refractivity contribution >= 4 is 40.5 Å². The number of para-hydroxylation sites is 1. The summed E-state index contributed by atoms with van der Waals surface area (Å²) in [7, 11) is 0. The van der Waals surface area contributed by atoms with Crippen LogP contribution in [0.25, 0.3) is 0 Å². The van der Waals surface area contributed by atoms with Crippen LogP contribution in [0.1, 0.15) is 16.9 Å². The number of nitrogens with one attached hydrogen (secondary N) is 1. The third-order valence-corrected chi connectivity index (χ3v) is 5.30. The van der Waals surface area contributed by atoms with Crippen LogP contribution in [0.3, 0.4) is 0 Å². The van der Waals surface area contributed by atoms with Gasteiger partial charge in [-0.3, -0.25) is 9.59 Å². The van der Waals surface area contributed by atoms with E-state index in [4.69, 9.17) is 5.11 Å². The number of carboxylic acid groups (broad SMARTS) is 1. The number of anilines is 1. The van der Waals surface area contributed by atoms with E-state index in [2.05, 4.69) is 10.4 Å². The Kier molecular flexibility index (Phi) is 3.69. The van der Waals surface area contributed by atoms with Crippen molar-refractivity contribution in [3.63, 3.8) is 0 Å². The number of carbonyl (C=O) groups excluding carboxylic acids is 2. The fourth-order valence-electron chi connectivity index (χ4n) is 3.27. The van der Waals surface area contributed by atoms with Crippen molar-refractivity contribution in [2.24, 2.45) is 5.10 Å². The summed E-state index contributed by atoms with van der Waals surface area (Å²) in [4.78, 5) is 37.2. The standard InChI is InChI=1S/C18H13N3O4S/c22-15(7-8-16(23)24)21-18(10-13(20-21)14-6-3-9-26-14)11-4-1-2-5-12(11)19-17(18)25/h1-9H,10H2,(H,19,25)(H,23,24). The number of amides is 2. The molecule has 26 heavy (non-hydrogen) atoms. The minimum absolute atomic E-state index is 0.225. The van der Waals surface area contributed by atoms with Gasteiger partial charge in [0.2, 0.25) is 0 Å². The van der Waals surface area contributed by atoms with Crippen molar-refractivity contribution in [1.82, 2.24) is 5.01 Å². The van der Waals surface area contributed by atoms with Gasteiger partial charge in [-0.25, -0.2) is 9.80 Å². The smallest absolute Gasteiger partial charge is 0.328 e. The molecule has 0 bridgehead atoms. The zero-order chi connectivity index (χ0) is 18.3. The number of carbonyl (C=O) groups is 3. The Hall–Kier alpha value is -3.26. The SMILES string of the molecule is O=C(O)C=CC(=O)N1N=C(c2cccs2)CC12C(=O)Nc1ccccc12. The molecule has 0 fully saturated rings. The summed E-state index contributed by atoms with van der Waals surface area (Å²) in [5, 5.41) is 19.0. The molecular formula is C18H13N3O4S. The lowest BCUT2D eigenvalue weighted by Crippen LogP contribution is -2.48. The number of hydrogen-bond acceptors (Lipinski definition) is 5. The van der Waals surface area contributed by atoms with E-state index >= 15 is 0 Å². The summed E-state index contributed by atoms with van der Waals surface area (Å²) in [5.74, 6) is -2.26. The molecule has 2 N–H and O–H groups in total. The van der Waals surface area contributed by atoms with E-state index in [0.717, 1.165) is 22.0 Å². The molecule has 1 spiro atoms. The van der Waals surface area contributed by atoms with E-state index in [-0.39, 0.29) is 12.3 Å². The first-order valence-electron chi connectivity index (χ1n) is 7.80. The van der Waals surface area contributed by atoms with Crippen molar-refractivity contribution in [3.8, 4) is 0 Å². The number of benzene rings is 1. The first kappa shape index (κ1) is 16.2. The lowest BCUT2D eigenvalue weighted by Gasteiger charge is -2.29. The van der Waals surface area contributed by atoms with E-state index < -0.39 is 17.4 Å². The van der Waals surface area contributed by atoms with E-state index in [1.165, 1.54) is 11.3 Å². The highest BCUT2D eigenvalue weighted by Crippen LogP contribution is 2.47. The van der Waals surface area contributed by atoms with Crippen LogP contribution < -0.4 is 5.32 Å². The van der Waals surface area contributed by atoms with Crippen LogP contribution in [-0.2, 0) is 19.9 Å². The number of hydrazone groups is 1. The van der Waals surface area contributed by atoms with Gasteiger partial charge in [-0.05, 0) is 17.5 Å². The Labute approximate surface area is 152 Å². The van der Waals surface area contributed by atoms with Crippen LogP contribution in [0, 0.1) is 0 Å². The molecule has 7 nitrogen and oxygen atoms in total. The van der Waals surface area contributed by atoms with Crippen LogP contribution in [0.5, 0.6) is 0 Å².